The van der Waals surface area contributed by atoms with Gasteiger partial charge in [-0.25, -0.2) is 0 Å². The van der Waals surface area contributed by atoms with Crippen molar-refractivity contribution in [3.05, 3.63) is 33.3 Å². The second kappa shape index (κ2) is 7.31. The molecule has 0 fully saturated rings. The molecule has 0 radical (unpaired) electrons. The highest BCUT2D eigenvalue weighted by molar-refractivity contribution is 9.10. The molecule has 1 unspecified atom stereocenters. The lowest BCUT2D eigenvalue weighted by Gasteiger charge is -2.12. The molecule has 0 spiro atoms. The first-order valence-corrected chi connectivity index (χ1v) is 6.95. The van der Waals surface area contributed by atoms with Gasteiger partial charge in [0.25, 0.3) is 0 Å². The molecule has 1 aromatic rings. The Bertz CT molecular complexity index is 328. The average Bonchev–Trinajstić information content (AvgIpc) is 2.23. The zero-order chi connectivity index (χ0) is 12.0. The third kappa shape index (κ3) is 4.86. The summed E-state index contributed by atoms with van der Waals surface area (Å²) in [6.07, 6.45) is 2.25. The van der Waals surface area contributed by atoms with E-state index < -0.39 is 0 Å². The fourth-order valence-electron chi connectivity index (χ4n) is 1.69. The molecule has 0 saturated heterocycles. The van der Waals surface area contributed by atoms with E-state index in [2.05, 4.69) is 47.2 Å². The van der Waals surface area contributed by atoms with Crippen LogP contribution in [-0.2, 0) is 6.42 Å². The van der Waals surface area contributed by atoms with Crippen LogP contribution in [0.4, 0.5) is 0 Å². The number of halogens is 2. The molecule has 0 aliphatic carbocycles. The van der Waals surface area contributed by atoms with Crippen LogP contribution in [0.3, 0.4) is 0 Å². The summed E-state index contributed by atoms with van der Waals surface area (Å²) in [5.74, 6) is 0.665. The zero-order valence-corrected chi connectivity index (χ0v) is 12.2. The molecule has 3 heteroatoms. The normalized spacial score (nSPS) is 12.8. The van der Waals surface area contributed by atoms with Crippen LogP contribution >= 0.6 is 27.5 Å². The van der Waals surface area contributed by atoms with E-state index in [-0.39, 0.29) is 0 Å². The molecule has 90 valence electrons. The number of hydrogen-bond donors (Lipinski definition) is 1. The molecule has 0 bridgehead atoms. The first kappa shape index (κ1) is 14.0. The molecule has 1 nitrogen and oxygen atoms in total. The first-order chi connectivity index (χ1) is 7.63. The molecule has 0 aromatic heterocycles. The summed E-state index contributed by atoms with van der Waals surface area (Å²) in [6, 6.07) is 6.13. The quantitative estimate of drug-likeness (QED) is 0.774. The summed E-state index contributed by atoms with van der Waals surface area (Å²) in [4.78, 5) is 0. The van der Waals surface area contributed by atoms with E-state index in [1.807, 2.05) is 6.07 Å². The lowest BCUT2D eigenvalue weighted by atomic mass is 9.98. The Morgan fingerprint density at radius 1 is 1.44 bits per heavy atom. The SMILES string of the molecule is CCNCCC(C)Cc1ccc(Br)cc1Cl. The molecule has 16 heavy (non-hydrogen) atoms. The zero-order valence-electron chi connectivity index (χ0n) is 9.89. The van der Waals surface area contributed by atoms with E-state index in [0.29, 0.717) is 5.92 Å². The minimum absolute atomic E-state index is 0.665. The Morgan fingerprint density at radius 2 is 2.19 bits per heavy atom. The third-order valence-corrected chi connectivity index (χ3v) is 3.49. The van der Waals surface area contributed by atoms with Crippen molar-refractivity contribution in [3.63, 3.8) is 0 Å². The van der Waals surface area contributed by atoms with E-state index in [1.165, 1.54) is 12.0 Å². The molecular formula is C13H19BrClN. The summed E-state index contributed by atoms with van der Waals surface area (Å²) in [5, 5.41) is 4.21. The lowest BCUT2D eigenvalue weighted by Crippen LogP contribution is -2.17. The van der Waals surface area contributed by atoms with Crippen LogP contribution in [0.15, 0.2) is 22.7 Å². The van der Waals surface area contributed by atoms with Crippen molar-refractivity contribution >= 4 is 27.5 Å². The molecule has 0 heterocycles. The van der Waals surface area contributed by atoms with E-state index in [9.17, 15) is 0 Å². The Kier molecular flexibility index (Phi) is 6.40. The summed E-state index contributed by atoms with van der Waals surface area (Å²) in [6.45, 7) is 6.55. The molecule has 0 saturated carbocycles. The van der Waals surface area contributed by atoms with Gasteiger partial charge in [-0.15, -0.1) is 0 Å². The van der Waals surface area contributed by atoms with Crippen LogP contribution in [0.25, 0.3) is 0 Å². The van der Waals surface area contributed by atoms with Gasteiger partial charge in [0.15, 0.2) is 0 Å². The second-order valence-corrected chi connectivity index (χ2v) is 5.51. The van der Waals surface area contributed by atoms with Gasteiger partial charge < -0.3 is 5.32 Å². The van der Waals surface area contributed by atoms with Crippen molar-refractivity contribution < 1.29 is 0 Å². The Morgan fingerprint density at radius 3 is 2.81 bits per heavy atom. The monoisotopic (exact) mass is 303 g/mol. The predicted molar refractivity (Wildman–Crippen MR) is 75.2 cm³/mol. The summed E-state index contributed by atoms with van der Waals surface area (Å²) >= 11 is 9.61. The van der Waals surface area contributed by atoms with Gasteiger partial charge in [-0.3, -0.25) is 0 Å². The van der Waals surface area contributed by atoms with Crippen molar-refractivity contribution in [2.75, 3.05) is 13.1 Å². The number of rotatable bonds is 6. The van der Waals surface area contributed by atoms with Gasteiger partial charge >= 0.3 is 0 Å². The highest BCUT2D eigenvalue weighted by Gasteiger charge is 2.07. The standard InChI is InChI=1S/C13H19BrClN/c1-3-16-7-6-10(2)8-11-4-5-12(14)9-13(11)15/h4-5,9-10,16H,3,6-8H2,1-2H3. The van der Waals surface area contributed by atoms with Gasteiger partial charge in [0.2, 0.25) is 0 Å². The molecule has 1 atom stereocenters. The lowest BCUT2D eigenvalue weighted by molar-refractivity contribution is 0.504. The summed E-state index contributed by atoms with van der Waals surface area (Å²) in [5.41, 5.74) is 1.24. The van der Waals surface area contributed by atoms with Gasteiger partial charge in [-0.1, -0.05) is 47.4 Å². The molecule has 1 aromatic carbocycles. The van der Waals surface area contributed by atoms with Gasteiger partial charge in [-0.2, -0.15) is 0 Å². The van der Waals surface area contributed by atoms with Crippen LogP contribution in [0.5, 0.6) is 0 Å². The maximum Gasteiger partial charge on any atom is 0.0449 e. The highest BCUT2D eigenvalue weighted by atomic mass is 79.9. The largest absolute Gasteiger partial charge is 0.317 e. The van der Waals surface area contributed by atoms with Crippen molar-refractivity contribution in [1.29, 1.82) is 0 Å². The Balaban J connectivity index is 2.46. The Hall–Kier alpha value is -0.0500. The molecule has 0 amide bonds. The van der Waals surface area contributed by atoms with E-state index in [0.717, 1.165) is 29.0 Å². The van der Waals surface area contributed by atoms with Crippen LogP contribution < -0.4 is 5.32 Å². The molecular weight excluding hydrogens is 286 g/mol. The second-order valence-electron chi connectivity index (χ2n) is 4.19. The topological polar surface area (TPSA) is 12.0 Å². The average molecular weight is 305 g/mol. The van der Waals surface area contributed by atoms with Crippen molar-refractivity contribution in [2.24, 2.45) is 5.92 Å². The minimum atomic E-state index is 0.665. The van der Waals surface area contributed by atoms with Crippen molar-refractivity contribution in [1.82, 2.24) is 5.32 Å². The highest BCUT2D eigenvalue weighted by Crippen LogP contribution is 2.24. The van der Waals surface area contributed by atoms with Crippen LogP contribution in [0.1, 0.15) is 25.8 Å². The number of benzene rings is 1. The molecule has 0 aliphatic heterocycles. The van der Waals surface area contributed by atoms with Crippen molar-refractivity contribution in [2.45, 2.75) is 26.7 Å². The first-order valence-electron chi connectivity index (χ1n) is 5.78. The Labute approximate surface area is 112 Å². The molecule has 1 rings (SSSR count). The fraction of sp³-hybridized carbons (Fsp3) is 0.538. The maximum atomic E-state index is 6.19. The maximum absolute atomic E-state index is 6.19. The van der Waals surface area contributed by atoms with Gasteiger partial charge in [-0.05, 0) is 49.5 Å². The molecule has 0 aliphatic rings. The van der Waals surface area contributed by atoms with E-state index in [4.69, 9.17) is 11.6 Å². The molecule has 1 N–H and O–H groups in total. The third-order valence-electron chi connectivity index (χ3n) is 2.65. The van der Waals surface area contributed by atoms with Gasteiger partial charge in [0.05, 0.1) is 0 Å². The summed E-state index contributed by atoms with van der Waals surface area (Å²) in [7, 11) is 0. The van der Waals surface area contributed by atoms with Crippen LogP contribution in [-0.4, -0.2) is 13.1 Å². The number of nitrogens with one attached hydrogen (secondary N) is 1. The summed E-state index contributed by atoms with van der Waals surface area (Å²) < 4.78 is 1.04. The van der Waals surface area contributed by atoms with Crippen LogP contribution in [0.2, 0.25) is 5.02 Å². The van der Waals surface area contributed by atoms with Crippen molar-refractivity contribution in [3.8, 4) is 0 Å². The van der Waals surface area contributed by atoms with E-state index >= 15 is 0 Å². The minimum Gasteiger partial charge on any atom is -0.317 e. The van der Waals surface area contributed by atoms with Gasteiger partial charge in [0, 0.05) is 9.50 Å². The number of hydrogen-bond acceptors (Lipinski definition) is 1. The van der Waals surface area contributed by atoms with E-state index in [1.54, 1.807) is 0 Å². The predicted octanol–water partition coefficient (Wildman–Crippen LogP) is 4.28. The van der Waals surface area contributed by atoms with Gasteiger partial charge in [0.1, 0.15) is 0 Å². The fourth-order valence-corrected chi connectivity index (χ4v) is 2.44. The smallest absolute Gasteiger partial charge is 0.0449 e. The van der Waals surface area contributed by atoms with Crippen LogP contribution in [0, 0.1) is 5.92 Å².